The van der Waals surface area contributed by atoms with Crippen LogP contribution in [0.15, 0.2) is 42.5 Å². The van der Waals surface area contributed by atoms with Crippen molar-refractivity contribution in [3.8, 4) is 11.5 Å². The molecule has 21 heavy (non-hydrogen) atoms. The summed E-state index contributed by atoms with van der Waals surface area (Å²) in [5.74, 6) is 0.224. The van der Waals surface area contributed by atoms with Gasteiger partial charge in [0.2, 0.25) is 0 Å². The summed E-state index contributed by atoms with van der Waals surface area (Å²) in [6, 6.07) is 12.4. The molecule has 0 aliphatic heterocycles. The lowest BCUT2D eigenvalue weighted by atomic mass is 10.1. The lowest BCUT2D eigenvalue weighted by Crippen LogP contribution is -2.22. The monoisotopic (exact) mass is 305 g/mol. The third-order valence-electron chi connectivity index (χ3n) is 3.09. The molecule has 0 aromatic heterocycles. The first-order chi connectivity index (χ1) is 10.2. The first kappa shape index (κ1) is 15.2. The minimum Gasteiger partial charge on any atom is -0.504 e. The average Bonchev–Trinajstić information content (AvgIpc) is 2.53. The van der Waals surface area contributed by atoms with Crippen LogP contribution in [0, 0.1) is 0 Å². The molecular weight excluding hydrogens is 290 g/mol. The number of para-hydroxylation sites is 1. The zero-order valence-electron chi connectivity index (χ0n) is 11.6. The Bertz CT molecular complexity index is 626. The van der Waals surface area contributed by atoms with Crippen LogP contribution in [0.25, 0.3) is 0 Å². The van der Waals surface area contributed by atoms with E-state index in [1.54, 1.807) is 18.2 Å². The summed E-state index contributed by atoms with van der Waals surface area (Å²) >= 11 is 5.72. The van der Waals surface area contributed by atoms with Gasteiger partial charge in [0.05, 0.1) is 12.7 Å². The fourth-order valence-corrected chi connectivity index (χ4v) is 2.07. The number of benzene rings is 2. The predicted octanol–water partition coefficient (Wildman–Crippen LogP) is 3.07. The van der Waals surface area contributed by atoms with Gasteiger partial charge in [0.1, 0.15) is 0 Å². The summed E-state index contributed by atoms with van der Waals surface area (Å²) in [5, 5.41) is 12.7. The Balaban J connectivity index is 2.04. The van der Waals surface area contributed by atoms with Crippen LogP contribution in [0.3, 0.4) is 0 Å². The number of halogens is 1. The molecule has 2 N–H and O–H groups in total. The Labute approximate surface area is 128 Å². The molecule has 4 nitrogen and oxygen atoms in total. The number of hydrogen-bond acceptors (Lipinski definition) is 3. The fraction of sp³-hybridized carbons (Fsp3) is 0.188. The number of amides is 1. The molecule has 0 heterocycles. The first-order valence-electron chi connectivity index (χ1n) is 6.43. The summed E-state index contributed by atoms with van der Waals surface area (Å²) in [6.45, 7) is 0.373. The molecule has 0 unspecified atom stereocenters. The maximum absolute atomic E-state index is 12.1. The van der Waals surface area contributed by atoms with Gasteiger partial charge in [-0.1, -0.05) is 30.3 Å². The Morgan fingerprint density at radius 3 is 2.48 bits per heavy atom. The van der Waals surface area contributed by atoms with E-state index in [0.717, 1.165) is 11.1 Å². The highest BCUT2D eigenvalue weighted by molar-refractivity contribution is 6.17. The maximum Gasteiger partial charge on any atom is 0.255 e. The van der Waals surface area contributed by atoms with E-state index in [1.165, 1.54) is 7.11 Å². The van der Waals surface area contributed by atoms with Crippen molar-refractivity contribution >= 4 is 17.5 Å². The van der Waals surface area contributed by atoms with Crippen molar-refractivity contribution in [2.45, 2.75) is 12.4 Å². The summed E-state index contributed by atoms with van der Waals surface area (Å²) in [5.41, 5.74) is 2.17. The number of alkyl halides is 1. The quantitative estimate of drug-likeness (QED) is 0.835. The van der Waals surface area contributed by atoms with E-state index >= 15 is 0 Å². The molecule has 110 valence electrons. The highest BCUT2D eigenvalue weighted by atomic mass is 35.5. The van der Waals surface area contributed by atoms with Crippen LogP contribution in [0.1, 0.15) is 21.5 Å². The van der Waals surface area contributed by atoms with Crippen LogP contribution >= 0.6 is 11.6 Å². The van der Waals surface area contributed by atoms with Gasteiger partial charge in [-0.3, -0.25) is 4.79 Å². The molecular formula is C16H16ClNO3. The number of carbonyl (C=O) groups is 1. The van der Waals surface area contributed by atoms with Crippen LogP contribution in [0.4, 0.5) is 0 Å². The van der Waals surface area contributed by atoms with Gasteiger partial charge in [0.15, 0.2) is 11.5 Å². The van der Waals surface area contributed by atoms with Crippen molar-refractivity contribution in [2.24, 2.45) is 0 Å². The van der Waals surface area contributed by atoms with Crippen LogP contribution in [-0.4, -0.2) is 18.1 Å². The topological polar surface area (TPSA) is 58.6 Å². The second-order valence-corrected chi connectivity index (χ2v) is 4.76. The molecule has 0 aliphatic rings. The largest absolute Gasteiger partial charge is 0.504 e. The van der Waals surface area contributed by atoms with E-state index in [1.807, 2.05) is 24.3 Å². The van der Waals surface area contributed by atoms with Crippen molar-refractivity contribution in [3.63, 3.8) is 0 Å². The smallest absolute Gasteiger partial charge is 0.255 e. The van der Waals surface area contributed by atoms with Gasteiger partial charge in [-0.05, 0) is 23.3 Å². The number of methoxy groups -OCH3 is 1. The van der Waals surface area contributed by atoms with Crippen molar-refractivity contribution in [1.29, 1.82) is 0 Å². The SMILES string of the molecule is COc1cccc(C(=O)NCc2ccc(CCl)cc2)c1O. The van der Waals surface area contributed by atoms with Crippen LogP contribution in [-0.2, 0) is 12.4 Å². The van der Waals surface area contributed by atoms with Gasteiger partial charge >= 0.3 is 0 Å². The number of phenols is 1. The zero-order valence-corrected chi connectivity index (χ0v) is 12.4. The summed E-state index contributed by atoms with van der Waals surface area (Å²) in [6.07, 6.45) is 0. The van der Waals surface area contributed by atoms with E-state index in [2.05, 4.69) is 5.32 Å². The van der Waals surface area contributed by atoms with E-state index in [9.17, 15) is 9.90 Å². The molecule has 2 aromatic carbocycles. The molecule has 0 saturated heterocycles. The lowest BCUT2D eigenvalue weighted by Gasteiger charge is -2.09. The maximum atomic E-state index is 12.1. The molecule has 0 aliphatic carbocycles. The number of carbonyl (C=O) groups excluding carboxylic acids is 1. The van der Waals surface area contributed by atoms with Crippen molar-refractivity contribution in [1.82, 2.24) is 5.32 Å². The second kappa shape index (κ2) is 6.99. The standard InChI is InChI=1S/C16H16ClNO3/c1-21-14-4-2-3-13(15(14)19)16(20)18-10-12-7-5-11(9-17)6-8-12/h2-8,19H,9-10H2,1H3,(H,18,20). The summed E-state index contributed by atoms with van der Waals surface area (Å²) in [4.78, 5) is 12.1. The number of rotatable bonds is 5. The highest BCUT2D eigenvalue weighted by Crippen LogP contribution is 2.29. The van der Waals surface area contributed by atoms with Gasteiger partial charge in [-0.25, -0.2) is 0 Å². The first-order valence-corrected chi connectivity index (χ1v) is 6.97. The average molecular weight is 306 g/mol. The van der Waals surface area contributed by atoms with Crippen LogP contribution in [0.2, 0.25) is 0 Å². The number of aromatic hydroxyl groups is 1. The van der Waals surface area contributed by atoms with Gasteiger partial charge in [0, 0.05) is 12.4 Å². The summed E-state index contributed by atoms with van der Waals surface area (Å²) in [7, 11) is 1.44. The molecule has 0 radical (unpaired) electrons. The molecule has 0 atom stereocenters. The predicted molar refractivity (Wildman–Crippen MR) is 81.8 cm³/mol. The minimum absolute atomic E-state index is 0.157. The van der Waals surface area contributed by atoms with Gasteiger partial charge in [-0.15, -0.1) is 11.6 Å². The molecule has 5 heteroatoms. The highest BCUT2D eigenvalue weighted by Gasteiger charge is 2.14. The normalized spacial score (nSPS) is 10.2. The van der Waals surface area contributed by atoms with Crippen molar-refractivity contribution < 1.29 is 14.6 Å². The lowest BCUT2D eigenvalue weighted by molar-refractivity contribution is 0.0947. The number of hydrogen-bond donors (Lipinski definition) is 2. The second-order valence-electron chi connectivity index (χ2n) is 4.49. The molecule has 1 amide bonds. The molecule has 0 saturated carbocycles. The van der Waals surface area contributed by atoms with Crippen molar-refractivity contribution in [2.75, 3.05) is 7.11 Å². The summed E-state index contributed by atoms with van der Waals surface area (Å²) < 4.78 is 4.98. The van der Waals surface area contributed by atoms with Gasteiger partial charge < -0.3 is 15.2 Å². The Morgan fingerprint density at radius 1 is 1.19 bits per heavy atom. The van der Waals surface area contributed by atoms with E-state index in [-0.39, 0.29) is 23.0 Å². The van der Waals surface area contributed by atoms with E-state index in [4.69, 9.17) is 16.3 Å². The third-order valence-corrected chi connectivity index (χ3v) is 3.40. The molecule has 2 rings (SSSR count). The fourth-order valence-electron chi connectivity index (χ4n) is 1.89. The molecule has 0 fully saturated rings. The molecule has 0 spiro atoms. The Morgan fingerprint density at radius 2 is 1.86 bits per heavy atom. The van der Waals surface area contributed by atoms with Gasteiger partial charge in [0.25, 0.3) is 5.91 Å². The van der Waals surface area contributed by atoms with Crippen LogP contribution < -0.4 is 10.1 Å². The number of nitrogens with one attached hydrogen (secondary N) is 1. The number of ether oxygens (including phenoxy) is 1. The Hall–Kier alpha value is -2.20. The van der Waals surface area contributed by atoms with Crippen molar-refractivity contribution in [3.05, 3.63) is 59.2 Å². The van der Waals surface area contributed by atoms with E-state index < -0.39 is 0 Å². The molecule has 0 bridgehead atoms. The minimum atomic E-state index is -0.354. The third kappa shape index (κ3) is 3.67. The van der Waals surface area contributed by atoms with E-state index in [0.29, 0.717) is 12.4 Å². The zero-order chi connectivity index (χ0) is 15.2. The number of phenolic OH excluding ortho intramolecular Hbond substituents is 1. The van der Waals surface area contributed by atoms with Crippen LogP contribution in [0.5, 0.6) is 11.5 Å². The molecule has 2 aromatic rings. The van der Waals surface area contributed by atoms with Gasteiger partial charge in [-0.2, -0.15) is 0 Å². The Kier molecular flexibility index (Phi) is 5.06.